The summed E-state index contributed by atoms with van der Waals surface area (Å²) in [5, 5.41) is 13.0. The van der Waals surface area contributed by atoms with Crippen molar-refractivity contribution in [1.29, 1.82) is 0 Å². The number of thioether (sulfide) groups is 1. The molecule has 4 rings (SSSR count). The number of carbonyl (C=O) groups is 1. The van der Waals surface area contributed by atoms with Crippen LogP contribution in [0.2, 0.25) is 5.02 Å². The van der Waals surface area contributed by atoms with Crippen LogP contribution in [-0.4, -0.2) is 39.5 Å². The number of hydrogen-bond acceptors (Lipinski definition) is 6. The van der Waals surface area contributed by atoms with Crippen molar-refractivity contribution < 1.29 is 9.21 Å². The van der Waals surface area contributed by atoms with Gasteiger partial charge in [0.2, 0.25) is 5.91 Å². The molecule has 34 heavy (non-hydrogen) atoms. The van der Waals surface area contributed by atoms with Gasteiger partial charge in [-0.2, -0.15) is 0 Å². The second-order valence-corrected chi connectivity index (χ2v) is 8.91. The number of amides is 1. The van der Waals surface area contributed by atoms with Crippen LogP contribution in [0.25, 0.3) is 11.4 Å². The molecule has 0 aliphatic rings. The van der Waals surface area contributed by atoms with Gasteiger partial charge in [0.25, 0.3) is 0 Å². The van der Waals surface area contributed by atoms with E-state index in [9.17, 15) is 4.79 Å². The molecular weight excluding hydrogens is 470 g/mol. The van der Waals surface area contributed by atoms with Crippen molar-refractivity contribution in [2.24, 2.45) is 0 Å². The van der Waals surface area contributed by atoms with Gasteiger partial charge in [0.1, 0.15) is 5.76 Å². The van der Waals surface area contributed by atoms with Gasteiger partial charge in [-0.05, 0) is 74.5 Å². The van der Waals surface area contributed by atoms with Gasteiger partial charge in [-0.1, -0.05) is 23.4 Å². The number of benzene rings is 2. The monoisotopic (exact) mass is 495 g/mol. The minimum Gasteiger partial charge on any atom is -0.467 e. The predicted octanol–water partition coefficient (Wildman–Crippen LogP) is 5.82. The molecule has 2 heterocycles. The smallest absolute Gasteiger partial charge is 0.234 e. The standard InChI is InChI=1S/C25H26ClN5O2S/c1-3-30(4-2)21-13-11-20(12-14-21)27-23(32)17-34-25-29-28-24(18-7-9-19(26)10-8-18)31(25)16-22-6-5-15-33-22/h5-15H,3-4,16-17H2,1-2H3,(H,27,32). The number of hydrogen-bond donors (Lipinski definition) is 1. The van der Waals surface area contributed by atoms with Gasteiger partial charge in [0.05, 0.1) is 18.6 Å². The molecule has 0 aliphatic carbocycles. The highest BCUT2D eigenvalue weighted by molar-refractivity contribution is 7.99. The molecule has 0 spiro atoms. The first-order valence-electron chi connectivity index (χ1n) is 11.1. The number of aromatic nitrogens is 3. The molecule has 9 heteroatoms. The van der Waals surface area contributed by atoms with Crippen LogP contribution in [0.5, 0.6) is 0 Å². The number of carbonyl (C=O) groups excluding carboxylic acids is 1. The average molecular weight is 496 g/mol. The normalized spacial score (nSPS) is 10.9. The molecule has 0 bridgehead atoms. The summed E-state index contributed by atoms with van der Waals surface area (Å²) >= 11 is 7.37. The molecule has 7 nitrogen and oxygen atoms in total. The Hall–Kier alpha value is -3.23. The maximum absolute atomic E-state index is 12.6. The van der Waals surface area contributed by atoms with Crippen LogP contribution in [0.15, 0.2) is 76.5 Å². The summed E-state index contributed by atoms with van der Waals surface area (Å²) in [6.07, 6.45) is 1.63. The summed E-state index contributed by atoms with van der Waals surface area (Å²) < 4.78 is 7.47. The highest BCUT2D eigenvalue weighted by atomic mass is 35.5. The zero-order chi connectivity index (χ0) is 23.9. The summed E-state index contributed by atoms with van der Waals surface area (Å²) in [5.41, 5.74) is 2.78. The van der Waals surface area contributed by atoms with Crippen LogP contribution >= 0.6 is 23.4 Å². The van der Waals surface area contributed by atoms with E-state index in [4.69, 9.17) is 16.0 Å². The van der Waals surface area contributed by atoms with E-state index >= 15 is 0 Å². The van der Waals surface area contributed by atoms with Crippen LogP contribution in [0.1, 0.15) is 19.6 Å². The molecule has 0 unspecified atom stereocenters. The summed E-state index contributed by atoms with van der Waals surface area (Å²) in [4.78, 5) is 14.9. The number of anilines is 2. The maximum atomic E-state index is 12.6. The Bertz CT molecular complexity index is 1200. The van der Waals surface area contributed by atoms with Gasteiger partial charge >= 0.3 is 0 Å². The number of rotatable bonds is 10. The van der Waals surface area contributed by atoms with E-state index < -0.39 is 0 Å². The first-order valence-corrected chi connectivity index (χ1v) is 12.4. The molecular formula is C25H26ClN5O2S. The molecule has 176 valence electrons. The Morgan fingerprint density at radius 3 is 2.44 bits per heavy atom. The molecule has 4 aromatic rings. The van der Waals surface area contributed by atoms with Crippen LogP contribution in [0.3, 0.4) is 0 Å². The van der Waals surface area contributed by atoms with Crippen molar-refractivity contribution in [3.05, 3.63) is 77.7 Å². The average Bonchev–Trinajstić information content (AvgIpc) is 3.51. The van der Waals surface area contributed by atoms with Crippen LogP contribution in [0, 0.1) is 0 Å². The van der Waals surface area contributed by atoms with Gasteiger partial charge in [-0.3, -0.25) is 9.36 Å². The number of nitrogens with one attached hydrogen (secondary N) is 1. The summed E-state index contributed by atoms with van der Waals surface area (Å²) in [5.74, 6) is 1.55. The van der Waals surface area contributed by atoms with Crippen molar-refractivity contribution in [3.8, 4) is 11.4 Å². The topological polar surface area (TPSA) is 76.2 Å². The Morgan fingerprint density at radius 2 is 1.79 bits per heavy atom. The zero-order valence-electron chi connectivity index (χ0n) is 19.1. The van der Waals surface area contributed by atoms with Gasteiger partial charge in [0, 0.05) is 35.1 Å². The van der Waals surface area contributed by atoms with Crippen LogP contribution in [0.4, 0.5) is 11.4 Å². The Balaban J connectivity index is 1.45. The lowest BCUT2D eigenvalue weighted by Crippen LogP contribution is -2.21. The summed E-state index contributed by atoms with van der Waals surface area (Å²) in [6, 6.07) is 19.1. The minimum atomic E-state index is -0.110. The highest BCUT2D eigenvalue weighted by Gasteiger charge is 2.17. The van der Waals surface area contributed by atoms with E-state index in [1.54, 1.807) is 6.26 Å². The Morgan fingerprint density at radius 1 is 1.06 bits per heavy atom. The van der Waals surface area contributed by atoms with Crippen LogP contribution < -0.4 is 10.2 Å². The number of halogens is 1. The lowest BCUT2D eigenvalue weighted by Gasteiger charge is -2.21. The highest BCUT2D eigenvalue weighted by Crippen LogP contribution is 2.27. The lowest BCUT2D eigenvalue weighted by molar-refractivity contribution is -0.113. The lowest BCUT2D eigenvalue weighted by atomic mass is 10.2. The Labute approximate surface area is 208 Å². The van der Waals surface area contributed by atoms with Gasteiger partial charge < -0.3 is 14.6 Å². The van der Waals surface area contributed by atoms with E-state index in [0.29, 0.717) is 22.5 Å². The second kappa shape index (κ2) is 11.3. The van der Waals surface area contributed by atoms with E-state index in [1.165, 1.54) is 11.8 Å². The van der Waals surface area contributed by atoms with Gasteiger partial charge in [-0.15, -0.1) is 10.2 Å². The molecule has 0 aliphatic heterocycles. The van der Waals surface area contributed by atoms with Crippen molar-refractivity contribution in [2.75, 3.05) is 29.1 Å². The van der Waals surface area contributed by atoms with Crippen molar-refractivity contribution in [3.63, 3.8) is 0 Å². The zero-order valence-corrected chi connectivity index (χ0v) is 20.6. The molecule has 1 N–H and O–H groups in total. The van der Waals surface area contributed by atoms with Crippen molar-refractivity contribution in [1.82, 2.24) is 14.8 Å². The molecule has 0 saturated heterocycles. The predicted molar refractivity (Wildman–Crippen MR) is 138 cm³/mol. The molecule has 0 atom stereocenters. The second-order valence-electron chi connectivity index (χ2n) is 7.53. The molecule has 0 saturated carbocycles. The quantitative estimate of drug-likeness (QED) is 0.279. The van der Waals surface area contributed by atoms with E-state index in [2.05, 4.69) is 34.3 Å². The number of nitrogens with zero attached hydrogens (tertiary/aromatic N) is 4. The first-order chi connectivity index (χ1) is 16.6. The largest absolute Gasteiger partial charge is 0.467 e. The molecule has 2 aromatic heterocycles. The molecule has 2 aromatic carbocycles. The van der Waals surface area contributed by atoms with Gasteiger partial charge in [-0.25, -0.2) is 0 Å². The molecule has 0 fully saturated rings. The fourth-order valence-electron chi connectivity index (χ4n) is 3.58. The third-order valence-corrected chi connectivity index (χ3v) is 6.54. The van der Waals surface area contributed by atoms with E-state index in [-0.39, 0.29) is 11.7 Å². The van der Waals surface area contributed by atoms with Crippen molar-refractivity contribution >= 4 is 40.6 Å². The fraction of sp³-hybridized carbons (Fsp3) is 0.240. The maximum Gasteiger partial charge on any atom is 0.234 e. The SMILES string of the molecule is CCN(CC)c1ccc(NC(=O)CSc2nnc(-c3ccc(Cl)cc3)n2Cc2ccco2)cc1. The van der Waals surface area contributed by atoms with Crippen molar-refractivity contribution in [2.45, 2.75) is 25.5 Å². The van der Waals surface area contributed by atoms with E-state index in [1.807, 2.05) is 65.2 Å². The summed E-state index contributed by atoms with van der Waals surface area (Å²) in [7, 11) is 0. The third-order valence-electron chi connectivity index (χ3n) is 5.33. The molecule has 0 radical (unpaired) electrons. The third kappa shape index (κ3) is 5.81. The summed E-state index contributed by atoms with van der Waals surface area (Å²) in [6.45, 7) is 6.58. The first kappa shape index (κ1) is 23.9. The van der Waals surface area contributed by atoms with Crippen LogP contribution in [-0.2, 0) is 11.3 Å². The number of furan rings is 1. The minimum absolute atomic E-state index is 0.110. The molecule has 1 amide bonds. The Kier molecular flexibility index (Phi) is 7.92. The fourth-order valence-corrected chi connectivity index (χ4v) is 4.44. The van der Waals surface area contributed by atoms with Gasteiger partial charge in [0.15, 0.2) is 11.0 Å². The van der Waals surface area contributed by atoms with E-state index in [0.717, 1.165) is 35.8 Å².